The van der Waals surface area contributed by atoms with Crippen molar-refractivity contribution in [3.63, 3.8) is 0 Å². The minimum absolute atomic E-state index is 0.00191. The van der Waals surface area contributed by atoms with E-state index < -0.39 is 17.6 Å². The molecule has 0 saturated carbocycles. The molecule has 0 fully saturated rings. The van der Waals surface area contributed by atoms with Gasteiger partial charge in [0.25, 0.3) is 0 Å². The number of nitrogens with zero attached hydrogens (tertiary/aromatic N) is 3. The number of rotatable bonds is 7. The first-order valence-electron chi connectivity index (χ1n) is 6.87. The van der Waals surface area contributed by atoms with Gasteiger partial charge in [-0.25, -0.2) is 0 Å². The molecular weight excluding hydrogens is 345 g/mol. The van der Waals surface area contributed by atoms with Crippen LogP contribution in [0.5, 0.6) is 0 Å². The van der Waals surface area contributed by atoms with Gasteiger partial charge in [0.15, 0.2) is 5.16 Å². The van der Waals surface area contributed by atoms with Crippen LogP contribution < -0.4 is 5.32 Å². The molecule has 24 heavy (non-hydrogen) atoms. The lowest BCUT2D eigenvalue weighted by Crippen LogP contribution is -2.15. The Bertz CT molecular complexity index is 691. The van der Waals surface area contributed by atoms with E-state index >= 15 is 0 Å². The third kappa shape index (κ3) is 5.24. The molecule has 0 radical (unpaired) electrons. The van der Waals surface area contributed by atoms with Crippen LogP contribution in [0.1, 0.15) is 5.56 Å². The number of carbonyl (C=O) groups excluding carboxylic acids is 1. The maximum atomic E-state index is 12.6. The number of hydrogen-bond acceptors (Lipinski definition) is 5. The second-order valence-corrected chi connectivity index (χ2v) is 5.66. The summed E-state index contributed by atoms with van der Waals surface area (Å²) in [7, 11) is 1.57. The topological polar surface area (TPSA) is 69.0 Å². The van der Waals surface area contributed by atoms with Crippen molar-refractivity contribution in [2.75, 3.05) is 24.8 Å². The zero-order chi connectivity index (χ0) is 17.6. The number of thioether (sulfide) groups is 1. The van der Waals surface area contributed by atoms with Crippen LogP contribution in [-0.2, 0) is 22.3 Å². The summed E-state index contributed by atoms with van der Waals surface area (Å²) in [5, 5.41) is 10.6. The summed E-state index contributed by atoms with van der Waals surface area (Å²) in [6.45, 7) is 1.02. The van der Waals surface area contributed by atoms with Crippen molar-refractivity contribution in [1.29, 1.82) is 0 Å². The van der Waals surface area contributed by atoms with E-state index in [1.54, 1.807) is 11.7 Å². The first-order valence-corrected chi connectivity index (χ1v) is 7.85. The fraction of sp³-hybridized carbons (Fsp3) is 0.357. The molecule has 0 atom stereocenters. The molecule has 0 aliphatic rings. The second kappa shape index (κ2) is 8.15. The van der Waals surface area contributed by atoms with Gasteiger partial charge in [-0.2, -0.15) is 13.2 Å². The molecule has 0 aliphatic carbocycles. The Labute approximate surface area is 140 Å². The number of methoxy groups -OCH3 is 1. The van der Waals surface area contributed by atoms with E-state index in [-0.39, 0.29) is 11.4 Å². The Morgan fingerprint density at radius 1 is 1.42 bits per heavy atom. The van der Waals surface area contributed by atoms with Crippen molar-refractivity contribution in [3.05, 3.63) is 36.2 Å². The monoisotopic (exact) mass is 360 g/mol. The second-order valence-electron chi connectivity index (χ2n) is 4.72. The lowest BCUT2D eigenvalue weighted by Gasteiger charge is -2.10. The molecule has 1 amide bonds. The smallest absolute Gasteiger partial charge is 0.383 e. The first-order chi connectivity index (χ1) is 11.4. The van der Waals surface area contributed by atoms with Gasteiger partial charge in [-0.15, -0.1) is 10.2 Å². The number of carbonyl (C=O) groups is 1. The van der Waals surface area contributed by atoms with Gasteiger partial charge in [0, 0.05) is 19.3 Å². The van der Waals surface area contributed by atoms with Crippen molar-refractivity contribution in [2.24, 2.45) is 0 Å². The minimum atomic E-state index is -4.45. The number of nitrogens with one attached hydrogen (secondary N) is 1. The van der Waals surface area contributed by atoms with Crippen LogP contribution in [0.15, 0.2) is 35.7 Å². The van der Waals surface area contributed by atoms with E-state index in [0.717, 1.165) is 23.9 Å². The van der Waals surface area contributed by atoms with E-state index in [4.69, 9.17) is 4.74 Å². The molecule has 6 nitrogen and oxygen atoms in total. The predicted molar refractivity (Wildman–Crippen MR) is 82.7 cm³/mol. The summed E-state index contributed by atoms with van der Waals surface area (Å²) >= 11 is 1.14. The zero-order valence-electron chi connectivity index (χ0n) is 12.7. The highest BCUT2D eigenvalue weighted by atomic mass is 32.2. The van der Waals surface area contributed by atoms with Crippen LogP contribution in [0.3, 0.4) is 0 Å². The lowest BCUT2D eigenvalue weighted by atomic mass is 10.2. The van der Waals surface area contributed by atoms with Gasteiger partial charge < -0.3 is 14.6 Å². The van der Waals surface area contributed by atoms with Gasteiger partial charge in [-0.1, -0.05) is 17.8 Å². The molecule has 0 bridgehead atoms. The van der Waals surface area contributed by atoms with Gasteiger partial charge >= 0.3 is 6.18 Å². The van der Waals surface area contributed by atoms with Gasteiger partial charge in [-0.3, -0.25) is 4.79 Å². The summed E-state index contributed by atoms with van der Waals surface area (Å²) in [6.07, 6.45) is -2.93. The third-order valence-electron chi connectivity index (χ3n) is 2.92. The van der Waals surface area contributed by atoms with E-state index in [1.165, 1.54) is 18.5 Å². The number of hydrogen-bond donors (Lipinski definition) is 1. The van der Waals surface area contributed by atoms with Crippen molar-refractivity contribution in [1.82, 2.24) is 14.8 Å². The quantitative estimate of drug-likeness (QED) is 0.769. The maximum Gasteiger partial charge on any atom is 0.416 e. The fourth-order valence-corrected chi connectivity index (χ4v) is 2.54. The van der Waals surface area contributed by atoms with Crippen molar-refractivity contribution < 1.29 is 22.7 Å². The minimum Gasteiger partial charge on any atom is -0.383 e. The van der Waals surface area contributed by atoms with Crippen LogP contribution in [0.25, 0.3) is 0 Å². The van der Waals surface area contributed by atoms with E-state index in [2.05, 4.69) is 15.5 Å². The normalized spacial score (nSPS) is 11.5. The van der Waals surface area contributed by atoms with Gasteiger partial charge in [0.2, 0.25) is 5.91 Å². The largest absolute Gasteiger partial charge is 0.416 e. The first kappa shape index (κ1) is 18.3. The predicted octanol–water partition coefficient (Wildman–Crippen LogP) is 2.67. The molecule has 2 rings (SSSR count). The lowest BCUT2D eigenvalue weighted by molar-refractivity contribution is -0.137. The highest BCUT2D eigenvalue weighted by Crippen LogP contribution is 2.30. The number of benzene rings is 1. The standard InChI is InChI=1S/C14H15F3N4O2S/c1-23-6-5-21-9-18-20-13(21)24-8-12(22)19-11-4-2-3-10(7-11)14(15,16)17/h2-4,7,9H,5-6,8H2,1H3,(H,19,22). The number of amides is 1. The molecule has 1 N–H and O–H groups in total. The van der Waals surface area contributed by atoms with E-state index in [1.807, 2.05) is 0 Å². The molecule has 1 aromatic carbocycles. The molecule has 0 spiro atoms. The van der Waals surface area contributed by atoms with Crippen LogP contribution in [0.4, 0.5) is 18.9 Å². The van der Waals surface area contributed by atoms with Crippen LogP contribution >= 0.6 is 11.8 Å². The average Bonchev–Trinajstić information content (AvgIpc) is 2.98. The van der Waals surface area contributed by atoms with E-state index in [9.17, 15) is 18.0 Å². The summed E-state index contributed by atoms with van der Waals surface area (Å²) in [6, 6.07) is 4.48. The van der Waals surface area contributed by atoms with Crippen molar-refractivity contribution in [2.45, 2.75) is 17.9 Å². The Morgan fingerprint density at radius 3 is 2.92 bits per heavy atom. The average molecular weight is 360 g/mol. The molecule has 130 valence electrons. The van der Waals surface area contributed by atoms with Crippen LogP contribution in [-0.4, -0.2) is 40.1 Å². The van der Waals surface area contributed by atoms with Crippen LogP contribution in [0.2, 0.25) is 0 Å². The van der Waals surface area contributed by atoms with Crippen molar-refractivity contribution >= 4 is 23.4 Å². The number of alkyl halides is 3. The van der Waals surface area contributed by atoms with Gasteiger partial charge in [-0.05, 0) is 18.2 Å². The summed E-state index contributed by atoms with van der Waals surface area (Å²) in [5.74, 6) is -0.428. The summed E-state index contributed by atoms with van der Waals surface area (Å²) in [4.78, 5) is 11.9. The SMILES string of the molecule is COCCn1cnnc1SCC(=O)Nc1cccc(C(F)(F)F)c1. The van der Waals surface area contributed by atoms with Gasteiger partial charge in [0.1, 0.15) is 6.33 Å². The Hall–Kier alpha value is -2.07. The highest BCUT2D eigenvalue weighted by Gasteiger charge is 2.30. The van der Waals surface area contributed by atoms with E-state index in [0.29, 0.717) is 18.3 Å². The summed E-state index contributed by atoms with van der Waals surface area (Å²) in [5.41, 5.74) is -0.719. The maximum absolute atomic E-state index is 12.6. The third-order valence-corrected chi connectivity index (χ3v) is 3.90. The number of halogens is 3. The molecule has 0 aliphatic heterocycles. The molecule has 1 heterocycles. The Kier molecular flexibility index (Phi) is 6.21. The molecule has 1 aromatic heterocycles. The molecule has 0 saturated heterocycles. The molecule has 2 aromatic rings. The zero-order valence-corrected chi connectivity index (χ0v) is 13.5. The number of ether oxygens (including phenoxy) is 1. The van der Waals surface area contributed by atoms with Crippen molar-refractivity contribution in [3.8, 4) is 0 Å². The molecule has 0 unspecified atom stereocenters. The Morgan fingerprint density at radius 2 is 2.21 bits per heavy atom. The fourth-order valence-electron chi connectivity index (χ4n) is 1.80. The number of anilines is 1. The highest BCUT2D eigenvalue weighted by molar-refractivity contribution is 7.99. The molecule has 10 heteroatoms. The van der Waals surface area contributed by atoms with Crippen LogP contribution in [0, 0.1) is 0 Å². The summed E-state index contributed by atoms with van der Waals surface area (Å²) < 4.78 is 44.6. The van der Waals surface area contributed by atoms with Gasteiger partial charge in [0.05, 0.1) is 17.9 Å². The molecular formula is C14H15F3N4O2S. The number of aromatic nitrogens is 3. The Balaban J connectivity index is 1.91.